The highest BCUT2D eigenvalue weighted by molar-refractivity contribution is 6.05. The van der Waals surface area contributed by atoms with E-state index in [0.29, 0.717) is 61.2 Å². The van der Waals surface area contributed by atoms with Crippen molar-refractivity contribution in [3.8, 4) is 11.3 Å². The molecule has 1 aliphatic heterocycles. The second-order valence-corrected chi connectivity index (χ2v) is 8.73. The Balaban J connectivity index is 1.43. The minimum Gasteiger partial charge on any atom is -0.378 e. The minimum absolute atomic E-state index is 0.0482. The molecule has 3 aromatic rings. The number of aromatic nitrogens is 2. The van der Waals surface area contributed by atoms with Crippen molar-refractivity contribution in [1.29, 1.82) is 0 Å². The van der Waals surface area contributed by atoms with Crippen LogP contribution in [0.1, 0.15) is 33.5 Å². The van der Waals surface area contributed by atoms with Crippen LogP contribution in [0, 0.1) is 12.7 Å². The first kappa shape index (κ1) is 27.5. The molecule has 4 rings (SSSR count). The Bertz CT molecular complexity index is 1410. The number of rotatable bonds is 9. The number of carbonyl (C=O) groups excluding carboxylic acids is 2. The van der Waals surface area contributed by atoms with Gasteiger partial charge >= 0.3 is 0 Å². The summed E-state index contributed by atoms with van der Waals surface area (Å²) in [7, 11) is 0. The van der Waals surface area contributed by atoms with E-state index in [0.717, 1.165) is 0 Å². The van der Waals surface area contributed by atoms with E-state index in [1.807, 2.05) is 42.2 Å². The molecule has 2 N–H and O–H groups in total. The predicted molar refractivity (Wildman–Crippen MR) is 147 cm³/mol. The molecule has 1 aliphatic rings. The van der Waals surface area contributed by atoms with Crippen molar-refractivity contribution in [3.05, 3.63) is 95.8 Å². The molecule has 0 unspecified atom stereocenters. The number of hydrogen-bond acceptors (Lipinski definition) is 7. The van der Waals surface area contributed by atoms with Gasteiger partial charge in [0.1, 0.15) is 11.5 Å². The van der Waals surface area contributed by atoms with Crippen molar-refractivity contribution >= 4 is 23.2 Å². The number of nitrogens with one attached hydrogen (secondary N) is 2. The topological polar surface area (TPSA) is 110 Å². The van der Waals surface area contributed by atoms with Gasteiger partial charge in [0.2, 0.25) is 5.76 Å². The van der Waals surface area contributed by atoms with Crippen molar-refractivity contribution < 1.29 is 23.2 Å². The second-order valence-electron chi connectivity index (χ2n) is 8.73. The van der Waals surface area contributed by atoms with Gasteiger partial charge < -0.3 is 24.8 Å². The first-order chi connectivity index (χ1) is 18.9. The lowest BCUT2D eigenvalue weighted by Gasteiger charge is -2.29. The van der Waals surface area contributed by atoms with Gasteiger partial charge in [0.15, 0.2) is 0 Å². The van der Waals surface area contributed by atoms with Gasteiger partial charge in [-0.2, -0.15) is 0 Å². The fourth-order valence-electron chi connectivity index (χ4n) is 3.91. The Labute approximate surface area is 226 Å². The average molecular weight is 532 g/mol. The quantitative estimate of drug-likeness (QED) is 0.386. The number of morpholine rings is 1. The molecule has 0 spiro atoms. The van der Waals surface area contributed by atoms with Gasteiger partial charge in [0.25, 0.3) is 11.8 Å². The van der Waals surface area contributed by atoms with E-state index in [9.17, 15) is 14.0 Å². The largest absolute Gasteiger partial charge is 0.378 e. The Morgan fingerprint density at radius 2 is 1.85 bits per heavy atom. The molecule has 202 valence electrons. The molecule has 39 heavy (non-hydrogen) atoms. The average Bonchev–Trinajstić information content (AvgIpc) is 3.44. The zero-order valence-electron chi connectivity index (χ0n) is 21.8. The van der Waals surface area contributed by atoms with Crippen LogP contribution in [0.3, 0.4) is 0 Å². The van der Waals surface area contributed by atoms with Crippen LogP contribution in [0.5, 0.6) is 0 Å². The van der Waals surface area contributed by atoms with E-state index in [2.05, 4.69) is 20.8 Å². The molecule has 0 saturated carbocycles. The van der Waals surface area contributed by atoms with Crippen molar-refractivity contribution in [2.75, 3.05) is 43.1 Å². The van der Waals surface area contributed by atoms with Gasteiger partial charge in [-0.25, -0.2) is 4.39 Å². The number of pyridine rings is 1. The zero-order valence-corrected chi connectivity index (χ0v) is 21.8. The Morgan fingerprint density at radius 3 is 2.64 bits per heavy atom. The smallest absolute Gasteiger partial charge is 0.290 e. The van der Waals surface area contributed by atoms with Crippen LogP contribution in [0.15, 0.2) is 77.5 Å². The fraction of sp³-hybridized carbons (Fsp3) is 0.241. The van der Waals surface area contributed by atoms with Crippen molar-refractivity contribution in [1.82, 2.24) is 15.5 Å². The number of benzene rings is 1. The first-order valence-corrected chi connectivity index (χ1v) is 12.6. The summed E-state index contributed by atoms with van der Waals surface area (Å²) < 4.78 is 24.9. The molecule has 1 saturated heterocycles. The number of amides is 2. The molecule has 3 heterocycles. The normalized spacial score (nSPS) is 14.0. The van der Waals surface area contributed by atoms with Crippen molar-refractivity contribution in [2.24, 2.45) is 0 Å². The van der Waals surface area contributed by atoms with E-state index in [1.165, 1.54) is 24.4 Å². The third kappa shape index (κ3) is 7.48. The summed E-state index contributed by atoms with van der Waals surface area (Å²) >= 11 is 0. The number of carbonyl (C=O) groups is 2. The number of nitrogens with zero attached hydrogens (tertiary/aromatic N) is 3. The lowest BCUT2D eigenvalue weighted by molar-refractivity contribution is 0.0920. The van der Waals surface area contributed by atoms with E-state index in [4.69, 9.17) is 9.26 Å². The van der Waals surface area contributed by atoms with Crippen LogP contribution >= 0.6 is 0 Å². The van der Waals surface area contributed by atoms with E-state index in [-0.39, 0.29) is 11.3 Å². The van der Waals surface area contributed by atoms with Gasteiger partial charge in [-0.3, -0.25) is 14.6 Å². The maximum Gasteiger partial charge on any atom is 0.290 e. The summed E-state index contributed by atoms with van der Waals surface area (Å²) in [5.41, 5.74) is 2.81. The molecule has 0 atom stereocenters. The second kappa shape index (κ2) is 13.3. The van der Waals surface area contributed by atoms with Gasteiger partial charge in [0, 0.05) is 48.2 Å². The number of hydrogen-bond donors (Lipinski definition) is 2. The van der Waals surface area contributed by atoms with Gasteiger partial charge in [-0.1, -0.05) is 41.6 Å². The number of aryl methyl sites for hydroxylation is 1. The lowest BCUT2D eigenvalue weighted by Crippen LogP contribution is -2.36. The number of halogens is 1. The highest BCUT2D eigenvalue weighted by atomic mass is 19.1. The molecule has 2 amide bonds. The SMILES string of the molecule is C/C=C\C=C/C=CCNC(=O)c1cc(-c2cc(NC(=O)c3cc(F)cc(N4CCOCC4)c3)cnc2C)no1. The number of ether oxygens (including phenoxy) is 1. The van der Waals surface area contributed by atoms with Crippen LogP contribution in [0.4, 0.5) is 15.8 Å². The molecular weight excluding hydrogens is 501 g/mol. The summed E-state index contributed by atoms with van der Waals surface area (Å²) in [5.74, 6) is -1.34. The summed E-state index contributed by atoms with van der Waals surface area (Å²) in [6.07, 6.45) is 12.7. The Kier molecular flexibility index (Phi) is 9.36. The highest BCUT2D eigenvalue weighted by Crippen LogP contribution is 2.26. The maximum atomic E-state index is 14.3. The molecule has 2 aromatic heterocycles. The molecule has 9 nitrogen and oxygen atoms in total. The van der Waals surface area contributed by atoms with E-state index in [1.54, 1.807) is 25.1 Å². The maximum absolute atomic E-state index is 14.3. The van der Waals surface area contributed by atoms with Crippen LogP contribution in [-0.4, -0.2) is 54.8 Å². The van der Waals surface area contributed by atoms with Crippen molar-refractivity contribution in [2.45, 2.75) is 13.8 Å². The van der Waals surface area contributed by atoms with Gasteiger partial charge in [-0.05, 0) is 38.1 Å². The molecule has 0 radical (unpaired) electrons. The summed E-state index contributed by atoms with van der Waals surface area (Å²) in [4.78, 5) is 31.7. The Morgan fingerprint density at radius 1 is 1.05 bits per heavy atom. The summed E-state index contributed by atoms with van der Waals surface area (Å²) in [6.45, 7) is 6.38. The van der Waals surface area contributed by atoms with E-state index >= 15 is 0 Å². The number of allylic oxidation sites excluding steroid dienone is 5. The lowest BCUT2D eigenvalue weighted by atomic mass is 10.1. The van der Waals surface area contributed by atoms with Crippen LogP contribution in [0.25, 0.3) is 11.3 Å². The standard InChI is InChI=1S/C29H30FN5O4/c1-3-4-5-6-7-8-9-31-29(37)27-18-26(34-39-27)25-17-23(19-32-20(25)2)33-28(36)21-14-22(30)16-24(15-21)35-10-12-38-13-11-35/h3-8,14-19H,9-13H2,1-2H3,(H,31,37)(H,33,36)/b4-3-,6-5-,8-7?. The molecule has 10 heteroatoms. The van der Waals surface area contributed by atoms with Gasteiger partial charge in [-0.15, -0.1) is 0 Å². The van der Waals surface area contributed by atoms with E-state index < -0.39 is 17.6 Å². The zero-order chi connectivity index (χ0) is 27.6. The number of anilines is 2. The van der Waals surface area contributed by atoms with Gasteiger partial charge in [0.05, 0.1) is 25.1 Å². The van der Waals surface area contributed by atoms with Crippen LogP contribution < -0.4 is 15.5 Å². The third-order valence-corrected chi connectivity index (χ3v) is 5.92. The summed E-state index contributed by atoms with van der Waals surface area (Å²) in [6, 6.07) is 7.45. The van der Waals surface area contributed by atoms with Crippen LogP contribution in [0.2, 0.25) is 0 Å². The summed E-state index contributed by atoms with van der Waals surface area (Å²) in [5, 5.41) is 9.51. The molecule has 1 fully saturated rings. The third-order valence-electron chi connectivity index (χ3n) is 5.92. The molecule has 0 bridgehead atoms. The highest BCUT2D eigenvalue weighted by Gasteiger charge is 2.18. The molecule has 1 aromatic carbocycles. The van der Waals surface area contributed by atoms with Crippen LogP contribution in [-0.2, 0) is 4.74 Å². The predicted octanol–water partition coefficient (Wildman–Crippen LogP) is 4.69. The monoisotopic (exact) mass is 531 g/mol. The molecule has 0 aliphatic carbocycles. The van der Waals surface area contributed by atoms with Crippen molar-refractivity contribution in [3.63, 3.8) is 0 Å². The minimum atomic E-state index is -0.499. The fourth-order valence-corrected chi connectivity index (χ4v) is 3.91. The Hall–Kier alpha value is -4.57. The molecular formula is C29H30FN5O4. The first-order valence-electron chi connectivity index (χ1n) is 12.6.